The number of benzene rings is 1. The van der Waals surface area contributed by atoms with Gasteiger partial charge in [-0.05, 0) is 12.1 Å². The number of hydrogen-bond acceptors (Lipinski definition) is 5. The SMILES string of the molecule is COc1ccc(OC)c(NC2=NCCO2)c1. The number of anilines is 1. The Morgan fingerprint density at radius 3 is 2.81 bits per heavy atom. The van der Waals surface area contributed by atoms with Crippen LogP contribution in [0.15, 0.2) is 23.2 Å². The Balaban J connectivity index is 2.22. The van der Waals surface area contributed by atoms with Crippen LogP contribution in [0.1, 0.15) is 0 Å². The van der Waals surface area contributed by atoms with E-state index in [1.165, 1.54) is 0 Å². The van der Waals surface area contributed by atoms with Crippen LogP contribution in [0.5, 0.6) is 11.5 Å². The van der Waals surface area contributed by atoms with Crippen LogP contribution in [-0.4, -0.2) is 33.4 Å². The normalized spacial score (nSPS) is 14.0. The number of hydrogen-bond donors (Lipinski definition) is 1. The fraction of sp³-hybridized carbons (Fsp3) is 0.364. The van der Waals surface area contributed by atoms with Crippen LogP contribution < -0.4 is 14.8 Å². The van der Waals surface area contributed by atoms with Gasteiger partial charge < -0.3 is 19.5 Å². The third kappa shape index (κ3) is 2.18. The third-order valence-corrected chi connectivity index (χ3v) is 2.23. The minimum Gasteiger partial charge on any atom is -0.497 e. The number of amidine groups is 1. The van der Waals surface area contributed by atoms with Gasteiger partial charge in [0.05, 0.1) is 26.5 Å². The average Bonchev–Trinajstić information content (AvgIpc) is 2.82. The summed E-state index contributed by atoms with van der Waals surface area (Å²) < 4.78 is 15.6. The first-order chi connectivity index (χ1) is 7.83. The van der Waals surface area contributed by atoms with Gasteiger partial charge in [0.1, 0.15) is 18.1 Å². The van der Waals surface area contributed by atoms with E-state index in [-0.39, 0.29) is 0 Å². The first-order valence-electron chi connectivity index (χ1n) is 5.00. The molecule has 2 rings (SSSR count). The molecule has 0 atom stereocenters. The molecule has 1 aromatic carbocycles. The number of aliphatic imine (C=N–C) groups is 1. The van der Waals surface area contributed by atoms with E-state index in [9.17, 15) is 0 Å². The van der Waals surface area contributed by atoms with Crippen molar-refractivity contribution in [3.63, 3.8) is 0 Å². The molecule has 1 aliphatic heterocycles. The molecule has 0 fully saturated rings. The molecule has 86 valence electrons. The van der Waals surface area contributed by atoms with E-state index >= 15 is 0 Å². The molecule has 0 radical (unpaired) electrons. The van der Waals surface area contributed by atoms with Gasteiger partial charge in [-0.25, -0.2) is 4.99 Å². The summed E-state index contributed by atoms with van der Waals surface area (Å²) in [4.78, 5) is 4.15. The maximum Gasteiger partial charge on any atom is 0.289 e. The van der Waals surface area contributed by atoms with Gasteiger partial charge in [-0.15, -0.1) is 0 Å². The van der Waals surface area contributed by atoms with Crippen molar-refractivity contribution in [2.24, 2.45) is 4.99 Å². The second-order valence-electron chi connectivity index (χ2n) is 3.23. The van der Waals surface area contributed by atoms with E-state index in [0.717, 1.165) is 17.2 Å². The quantitative estimate of drug-likeness (QED) is 0.842. The molecule has 0 unspecified atom stereocenters. The third-order valence-electron chi connectivity index (χ3n) is 2.23. The van der Waals surface area contributed by atoms with E-state index in [2.05, 4.69) is 10.3 Å². The summed E-state index contributed by atoms with van der Waals surface area (Å²) in [6, 6.07) is 6.02. The molecule has 1 aromatic rings. The lowest BCUT2D eigenvalue weighted by Gasteiger charge is -2.11. The Morgan fingerprint density at radius 1 is 1.31 bits per heavy atom. The molecule has 1 N–H and O–H groups in total. The van der Waals surface area contributed by atoms with Crippen molar-refractivity contribution in [1.82, 2.24) is 0 Å². The Hall–Kier alpha value is -1.91. The van der Waals surface area contributed by atoms with Crippen LogP contribution >= 0.6 is 0 Å². The van der Waals surface area contributed by atoms with Crippen molar-refractivity contribution >= 4 is 11.7 Å². The summed E-state index contributed by atoms with van der Waals surface area (Å²) in [7, 11) is 3.24. The lowest BCUT2D eigenvalue weighted by atomic mass is 10.2. The molecule has 0 bridgehead atoms. The molecule has 0 saturated heterocycles. The Kier molecular flexibility index (Phi) is 3.14. The van der Waals surface area contributed by atoms with Crippen LogP contribution in [0.3, 0.4) is 0 Å². The van der Waals surface area contributed by atoms with E-state index in [1.807, 2.05) is 18.2 Å². The summed E-state index contributed by atoms with van der Waals surface area (Å²) in [6.45, 7) is 1.31. The molecule has 0 spiro atoms. The van der Waals surface area contributed by atoms with Gasteiger partial charge in [0.25, 0.3) is 6.02 Å². The zero-order valence-corrected chi connectivity index (χ0v) is 9.32. The lowest BCUT2D eigenvalue weighted by molar-refractivity contribution is 0.346. The molecule has 1 heterocycles. The molecule has 0 aromatic heterocycles. The number of methoxy groups -OCH3 is 2. The van der Waals surface area contributed by atoms with Crippen molar-refractivity contribution < 1.29 is 14.2 Å². The van der Waals surface area contributed by atoms with Crippen molar-refractivity contribution in [1.29, 1.82) is 0 Å². The highest BCUT2D eigenvalue weighted by Crippen LogP contribution is 2.29. The van der Waals surface area contributed by atoms with Crippen molar-refractivity contribution in [3.05, 3.63) is 18.2 Å². The standard InChI is InChI=1S/C11H14N2O3/c1-14-8-3-4-10(15-2)9(7-8)13-11-12-5-6-16-11/h3-4,7H,5-6H2,1-2H3,(H,12,13). The van der Waals surface area contributed by atoms with Crippen LogP contribution in [0, 0.1) is 0 Å². The molecule has 0 aliphatic carbocycles. The number of nitrogens with one attached hydrogen (secondary N) is 1. The summed E-state index contributed by atoms with van der Waals surface area (Å²) in [5.74, 6) is 1.47. The minimum atomic E-state index is 0.520. The van der Waals surface area contributed by atoms with Gasteiger partial charge in [-0.2, -0.15) is 0 Å². The molecular weight excluding hydrogens is 208 g/mol. The smallest absolute Gasteiger partial charge is 0.289 e. The number of rotatable bonds is 3. The summed E-state index contributed by atoms with van der Waals surface area (Å²) >= 11 is 0. The van der Waals surface area contributed by atoms with Crippen molar-refractivity contribution in [3.8, 4) is 11.5 Å². The van der Waals surface area contributed by atoms with Gasteiger partial charge in [-0.1, -0.05) is 0 Å². The van der Waals surface area contributed by atoms with Crippen LogP contribution in [-0.2, 0) is 4.74 Å². The first-order valence-corrected chi connectivity index (χ1v) is 5.00. The number of ether oxygens (including phenoxy) is 3. The summed E-state index contributed by atoms with van der Waals surface area (Å²) in [5.41, 5.74) is 0.780. The van der Waals surface area contributed by atoms with Crippen LogP contribution in [0.4, 0.5) is 5.69 Å². The largest absolute Gasteiger partial charge is 0.497 e. The predicted octanol–water partition coefficient (Wildman–Crippen LogP) is 1.50. The lowest BCUT2D eigenvalue weighted by Crippen LogP contribution is -2.12. The molecule has 5 nitrogen and oxygen atoms in total. The Morgan fingerprint density at radius 2 is 2.19 bits per heavy atom. The fourth-order valence-electron chi connectivity index (χ4n) is 1.44. The monoisotopic (exact) mass is 222 g/mol. The minimum absolute atomic E-state index is 0.520. The second-order valence-corrected chi connectivity index (χ2v) is 3.23. The van der Waals surface area contributed by atoms with Crippen molar-refractivity contribution in [2.45, 2.75) is 0 Å². The fourth-order valence-corrected chi connectivity index (χ4v) is 1.44. The zero-order chi connectivity index (χ0) is 11.4. The van der Waals surface area contributed by atoms with Gasteiger partial charge in [0, 0.05) is 6.07 Å². The topological polar surface area (TPSA) is 52.1 Å². The molecule has 0 amide bonds. The maximum atomic E-state index is 5.27. The Labute approximate surface area is 94.0 Å². The molecular formula is C11H14N2O3. The highest BCUT2D eigenvalue weighted by molar-refractivity contribution is 5.91. The number of nitrogens with zero attached hydrogens (tertiary/aromatic N) is 1. The zero-order valence-electron chi connectivity index (χ0n) is 9.32. The van der Waals surface area contributed by atoms with E-state index < -0.39 is 0 Å². The van der Waals surface area contributed by atoms with E-state index in [1.54, 1.807) is 14.2 Å². The molecule has 16 heavy (non-hydrogen) atoms. The highest BCUT2D eigenvalue weighted by atomic mass is 16.5. The maximum absolute atomic E-state index is 5.27. The highest BCUT2D eigenvalue weighted by Gasteiger charge is 2.11. The van der Waals surface area contributed by atoms with Gasteiger partial charge in [0.2, 0.25) is 0 Å². The molecule has 5 heteroatoms. The van der Waals surface area contributed by atoms with Crippen molar-refractivity contribution in [2.75, 3.05) is 32.7 Å². The van der Waals surface area contributed by atoms with Gasteiger partial charge in [0.15, 0.2) is 0 Å². The van der Waals surface area contributed by atoms with Gasteiger partial charge >= 0.3 is 0 Å². The van der Waals surface area contributed by atoms with Gasteiger partial charge in [-0.3, -0.25) is 0 Å². The predicted molar refractivity (Wildman–Crippen MR) is 61.4 cm³/mol. The molecule has 1 aliphatic rings. The summed E-state index contributed by atoms with van der Waals surface area (Å²) in [5, 5.41) is 3.06. The Bertz CT molecular complexity index is 404. The van der Waals surface area contributed by atoms with Crippen LogP contribution in [0.2, 0.25) is 0 Å². The van der Waals surface area contributed by atoms with E-state index in [0.29, 0.717) is 19.2 Å². The first kappa shape index (κ1) is 10.6. The van der Waals surface area contributed by atoms with Crippen LogP contribution in [0.25, 0.3) is 0 Å². The second kappa shape index (κ2) is 4.74. The average molecular weight is 222 g/mol. The summed E-state index contributed by atoms with van der Waals surface area (Å²) in [6.07, 6.45) is 0. The molecule has 0 saturated carbocycles. The van der Waals surface area contributed by atoms with E-state index in [4.69, 9.17) is 14.2 Å².